The quantitative estimate of drug-likeness (QED) is 0.363. The molecule has 0 radical (unpaired) electrons. The van der Waals surface area contributed by atoms with Gasteiger partial charge in [-0.3, -0.25) is 10.1 Å². The highest BCUT2D eigenvalue weighted by Crippen LogP contribution is 2.27. The topological polar surface area (TPSA) is 115 Å². The zero-order valence-electron chi connectivity index (χ0n) is 7.38. The number of para-hydroxylation sites is 1. The van der Waals surface area contributed by atoms with E-state index in [4.69, 9.17) is 16.6 Å². The number of hydrogen-bond acceptors (Lipinski definition) is 5. The average molecular weight is 197 g/mol. The Bertz CT molecular complexity index is 354. The van der Waals surface area contributed by atoms with Gasteiger partial charge in [-0.25, -0.2) is 0 Å². The lowest BCUT2D eigenvalue weighted by atomic mass is 10.1. The molecule has 0 aliphatic carbocycles. The van der Waals surface area contributed by atoms with Crippen molar-refractivity contribution in [1.29, 1.82) is 0 Å². The predicted molar refractivity (Wildman–Crippen MR) is 51.5 cm³/mol. The maximum Gasteiger partial charge on any atom is 0.292 e. The number of hydrogen-bond donors (Lipinski definition) is 3. The summed E-state index contributed by atoms with van der Waals surface area (Å²) in [6, 6.07) is 3.65. The molecule has 0 aliphatic heterocycles. The fourth-order valence-electron chi connectivity index (χ4n) is 1.15. The summed E-state index contributed by atoms with van der Waals surface area (Å²) in [4.78, 5) is 9.93. The van der Waals surface area contributed by atoms with Crippen LogP contribution in [0.15, 0.2) is 18.2 Å². The van der Waals surface area contributed by atoms with Gasteiger partial charge in [-0.2, -0.15) is 0 Å². The molecule has 5 N–H and O–H groups in total. The van der Waals surface area contributed by atoms with Crippen molar-refractivity contribution in [3.8, 4) is 0 Å². The van der Waals surface area contributed by atoms with Crippen LogP contribution in [-0.4, -0.2) is 16.6 Å². The van der Waals surface area contributed by atoms with Gasteiger partial charge in [0.2, 0.25) is 0 Å². The first kappa shape index (κ1) is 10.4. The highest BCUT2D eigenvalue weighted by molar-refractivity contribution is 5.63. The monoisotopic (exact) mass is 197 g/mol. The third-order valence-corrected chi connectivity index (χ3v) is 1.91. The molecule has 0 saturated heterocycles. The van der Waals surface area contributed by atoms with Gasteiger partial charge in [0.05, 0.1) is 17.6 Å². The van der Waals surface area contributed by atoms with Crippen LogP contribution >= 0.6 is 0 Å². The number of benzene rings is 1. The largest absolute Gasteiger partial charge is 0.394 e. The Hall–Kier alpha value is -1.66. The van der Waals surface area contributed by atoms with Crippen LogP contribution in [-0.2, 0) is 0 Å². The molecular formula is C8H11N3O3. The van der Waals surface area contributed by atoms with E-state index in [0.717, 1.165) is 0 Å². The van der Waals surface area contributed by atoms with E-state index in [1.54, 1.807) is 6.07 Å². The molecule has 0 spiro atoms. The van der Waals surface area contributed by atoms with Gasteiger partial charge in [0.25, 0.3) is 5.69 Å². The summed E-state index contributed by atoms with van der Waals surface area (Å²) in [6.07, 6.45) is 0. The van der Waals surface area contributed by atoms with Gasteiger partial charge >= 0.3 is 0 Å². The van der Waals surface area contributed by atoms with E-state index in [0.29, 0.717) is 5.56 Å². The van der Waals surface area contributed by atoms with E-state index in [1.807, 2.05) is 0 Å². The van der Waals surface area contributed by atoms with Gasteiger partial charge in [0.15, 0.2) is 0 Å². The molecule has 76 valence electrons. The third kappa shape index (κ3) is 1.81. The van der Waals surface area contributed by atoms with Gasteiger partial charge in [0, 0.05) is 11.6 Å². The Morgan fingerprint density at radius 1 is 1.57 bits per heavy atom. The van der Waals surface area contributed by atoms with Crippen molar-refractivity contribution in [3.63, 3.8) is 0 Å². The molecule has 0 fully saturated rings. The van der Waals surface area contributed by atoms with Crippen LogP contribution in [0.25, 0.3) is 0 Å². The molecule has 0 unspecified atom stereocenters. The molecule has 0 aromatic heterocycles. The maximum absolute atomic E-state index is 10.5. The normalized spacial score (nSPS) is 12.4. The van der Waals surface area contributed by atoms with Gasteiger partial charge in [0.1, 0.15) is 5.69 Å². The van der Waals surface area contributed by atoms with E-state index in [1.165, 1.54) is 12.1 Å². The minimum atomic E-state index is -0.685. The molecule has 0 bridgehead atoms. The number of anilines is 1. The molecule has 1 rings (SSSR count). The minimum absolute atomic E-state index is 0.0130. The van der Waals surface area contributed by atoms with Crippen molar-refractivity contribution < 1.29 is 10.0 Å². The fraction of sp³-hybridized carbons (Fsp3) is 0.250. The molecule has 1 atom stereocenters. The summed E-state index contributed by atoms with van der Waals surface area (Å²) >= 11 is 0. The first-order valence-electron chi connectivity index (χ1n) is 3.97. The molecule has 6 nitrogen and oxygen atoms in total. The lowest BCUT2D eigenvalue weighted by Crippen LogP contribution is -2.16. The Labute approximate surface area is 80.3 Å². The van der Waals surface area contributed by atoms with Gasteiger partial charge in [-0.15, -0.1) is 0 Å². The smallest absolute Gasteiger partial charge is 0.292 e. The summed E-state index contributed by atoms with van der Waals surface area (Å²) in [5.41, 5.74) is 11.3. The fourth-order valence-corrected chi connectivity index (χ4v) is 1.15. The third-order valence-electron chi connectivity index (χ3n) is 1.91. The summed E-state index contributed by atoms with van der Waals surface area (Å²) in [7, 11) is 0. The Morgan fingerprint density at radius 3 is 2.71 bits per heavy atom. The van der Waals surface area contributed by atoms with Crippen molar-refractivity contribution in [2.24, 2.45) is 5.73 Å². The Morgan fingerprint density at radius 2 is 2.21 bits per heavy atom. The van der Waals surface area contributed by atoms with Crippen molar-refractivity contribution in [2.75, 3.05) is 12.3 Å². The van der Waals surface area contributed by atoms with Crippen LogP contribution < -0.4 is 11.5 Å². The van der Waals surface area contributed by atoms with E-state index in [2.05, 4.69) is 0 Å². The lowest BCUT2D eigenvalue weighted by molar-refractivity contribution is -0.384. The maximum atomic E-state index is 10.5. The van der Waals surface area contributed by atoms with E-state index in [9.17, 15) is 10.1 Å². The standard InChI is InChI=1S/C8H11N3O3/c9-6(4-12)5-2-1-3-7(8(5)10)11(13)14/h1-3,6,12H,4,9-10H2/t6-/m0/s1. The van der Waals surface area contributed by atoms with Crippen LogP contribution in [0.1, 0.15) is 11.6 Å². The summed E-state index contributed by atoms with van der Waals surface area (Å²) in [5.74, 6) is 0. The molecule has 0 amide bonds. The number of nitrogens with two attached hydrogens (primary N) is 2. The SMILES string of the molecule is Nc1c([C@@H](N)CO)cccc1[N+](=O)[O-]. The summed E-state index contributed by atoms with van der Waals surface area (Å²) < 4.78 is 0. The highest BCUT2D eigenvalue weighted by atomic mass is 16.6. The van der Waals surface area contributed by atoms with Gasteiger partial charge in [-0.05, 0) is 0 Å². The number of nitro benzene ring substituents is 1. The second kappa shape index (κ2) is 4.03. The van der Waals surface area contributed by atoms with Crippen molar-refractivity contribution in [1.82, 2.24) is 0 Å². The van der Waals surface area contributed by atoms with Crippen LogP contribution in [0.2, 0.25) is 0 Å². The number of aliphatic hydroxyl groups excluding tert-OH is 1. The summed E-state index contributed by atoms with van der Waals surface area (Å²) in [6.45, 7) is -0.300. The van der Waals surface area contributed by atoms with Gasteiger partial charge < -0.3 is 16.6 Å². The minimum Gasteiger partial charge on any atom is -0.394 e. The molecule has 14 heavy (non-hydrogen) atoms. The Balaban J connectivity index is 3.20. The molecule has 0 saturated carbocycles. The summed E-state index contributed by atoms with van der Waals surface area (Å²) in [5, 5.41) is 19.3. The number of nitrogen functional groups attached to an aromatic ring is 1. The molecule has 1 aromatic carbocycles. The highest BCUT2D eigenvalue weighted by Gasteiger charge is 2.17. The molecule has 1 aromatic rings. The van der Waals surface area contributed by atoms with Crippen molar-refractivity contribution >= 4 is 11.4 Å². The molecule has 0 aliphatic rings. The zero-order valence-corrected chi connectivity index (χ0v) is 7.38. The second-order valence-corrected chi connectivity index (χ2v) is 2.83. The van der Waals surface area contributed by atoms with Crippen LogP contribution in [0.4, 0.5) is 11.4 Å². The molecule has 0 heterocycles. The number of rotatable bonds is 3. The second-order valence-electron chi connectivity index (χ2n) is 2.83. The molecule has 6 heteroatoms. The Kier molecular flexibility index (Phi) is 3.00. The first-order valence-corrected chi connectivity index (χ1v) is 3.97. The lowest BCUT2D eigenvalue weighted by Gasteiger charge is -2.10. The van der Waals surface area contributed by atoms with E-state index >= 15 is 0 Å². The van der Waals surface area contributed by atoms with Gasteiger partial charge in [-0.1, -0.05) is 12.1 Å². The zero-order chi connectivity index (χ0) is 10.7. The number of nitrogens with zero attached hydrogens (tertiary/aromatic N) is 1. The van der Waals surface area contributed by atoms with Crippen molar-refractivity contribution in [3.05, 3.63) is 33.9 Å². The van der Waals surface area contributed by atoms with E-state index in [-0.39, 0.29) is 18.0 Å². The van der Waals surface area contributed by atoms with Crippen molar-refractivity contribution in [2.45, 2.75) is 6.04 Å². The van der Waals surface area contributed by atoms with Crippen LogP contribution in [0, 0.1) is 10.1 Å². The van der Waals surface area contributed by atoms with E-state index < -0.39 is 11.0 Å². The number of nitro groups is 1. The number of aliphatic hydroxyl groups is 1. The average Bonchev–Trinajstić information content (AvgIpc) is 2.16. The predicted octanol–water partition coefficient (Wildman–Crippen LogP) is 0.169. The van der Waals surface area contributed by atoms with Crippen LogP contribution in [0.5, 0.6) is 0 Å². The first-order chi connectivity index (χ1) is 6.57. The van der Waals surface area contributed by atoms with Crippen LogP contribution in [0.3, 0.4) is 0 Å². The molecular weight excluding hydrogens is 186 g/mol.